The van der Waals surface area contributed by atoms with Crippen molar-refractivity contribution in [3.8, 4) is 11.4 Å². The van der Waals surface area contributed by atoms with Crippen molar-refractivity contribution in [2.45, 2.75) is 51.6 Å². The number of amides is 1. The molecule has 1 atom stereocenters. The maximum atomic E-state index is 12.6. The second-order valence-corrected chi connectivity index (χ2v) is 7.70. The van der Waals surface area contributed by atoms with E-state index in [0.29, 0.717) is 0 Å². The number of rotatable bonds is 5. The van der Waals surface area contributed by atoms with Crippen LogP contribution in [0, 0.1) is 6.92 Å². The van der Waals surface area contributed by atoms with Gasteiger partial charge in [-0.3, -0.25) is 4.79 Å². The topological polar surface area (TPSA) is 85.8 Å². The van der Waals surface area contributed by atoms with Crippen molar-refractivity contribution in [1.29, 1.82) is 0 Å². The molecule has 0 bridgehead atoms. The molecule has 1 amide bonds. The maximum Gasteiger partial charge on any atom is 0.226 e. The van der Waals surface area contributed by atoms with Crippen LogP contribution in [0.2, 0.25) is 0 Å². The lowest BCUT2D eigenvalue weighted by Crippen LogP contribution is -2.21. The summed E-state index contributed by atoms with van der Waals surface area (Å²) in [7, 11) is 0. The third kappa shape index (κ3) is 4.38. The molecule has 4 rings (SSSR count). The summed E-state index contributed by atoms with van der Waals surface area (Å²) < 4.78 is 2.22. The smallest absolute Gasteiger partial charge is 0.226 e. The van der Waals surface area contributed by atoms with Gasteiger partial charge in [-0.1, -0.05) is 48.9 Å². The number of aryl methyl sites for hydroxylation is 2. The molecule has 6 heteroatoms. The lowest BCUT2D eigenvalue weighted by atomic mass is 10.0. The molecule has 0 radical (unpaired) electrons. The molecule has 0 spiro atoms. The molecule has 6 nitrogen and oxygen atoms in total. The highest BCUT2D eigenvalue weighted by Gasteiger charge is 2.18. The second-order valence-electron chi connectivity index (χ2n) is 7.70. The molecule has 2 aromatic carbocycles. The van der Waals surface area contributed by atoms with Crippen LogP contribution in [0.15, 0.2) is 48.5 Å². The lowest BCUT2D eigenvalue weighted by Gasteiger charge is -2.14. The highest BCUT2D eigenvalue weighted by atomic mass is 16.1. The summed E-state index contributed by atoms with van der Waals surface area (Å²) in [6.07, 6.45) is 4.73. The number of nitrogens with one attached hydrogen (secondary N) is 1. The molecule has 150 valence electrons. The Morgan fingerprint density at radius 1 is 1.14 bits per heavy atom. The number of carbonyl (C=O) groups excluding carboxylic acids is 1. The van der Waals surface area contributed by atoms with Gasteiger partial charge in [-0.25, -0.2) is 0 Å². The van der Waals surface area contributed by atoms with Crippen LogP contribution >= 0.6 is 0 Å². The normalized spacial score (nSPS) is 14.7. The van der Waals surface area contributed by atoms with Crippen molar-refractivity contribution in [3.05, 3.63) is 65.5 Å². The molecular formula is C23H27N5O. The summed E-state index contributed by atoms with van der Waals surface area (Å²) in [5.41, 5.74) is 9.93. The number of benzene rings is 2. The number of aromatic nitrogens is 3. The van der Waals surface area contributed by atoms with E-state index in [2.05, 4.69) is 20.1 Å². The molecule has 0 saturated carbocycles. The minimum Gasteiger partial charge on any atom is -0.326 e. The molecule has 3 N–H and O–H groups in total. The molecule has 3 aromatic rings. The number of nitrogens with two attached hydrogens (primary N) is 1. The van der Waals surface area contributed by atoms with Gasteiger partial charge in [0, 0.05) is 36.7 Å². The van der Waals surface area contributed by atoms with Crippen LogP contribution in [-0.2, 0) is 17.8 Å². The number of carbonyl (C=O) groups is 1. The van der Waals surface area contributed by atoms with Crippen LogP contribution in [0.1, 0.15) is 48.7 Å². The Labute approximate surface area is 171 Å². The predicted octanol–water partition coefficient (Wildman–Crippen LogP) is 4.01. The minimum absolute atomic E-state index is 0.0957. The Morgan fingerprint density at radius 3 is 2.79 bits per heavy atom. The van der Waals surface area contributed by atoms with Crippen LogP contribution < -0.4 is 11.1 Å². The molecule has 0 aliphatic carbocycles. The Kier molecular flexibility index (Phi) is 5.71. The average molecular weight is 390 g/mol. The second kappa shape index (κ2) is 8.57. The van der Waals surface area contributed by atoms with Crippen molar-refractivity contribution in [1.82, 2.24) is 14.8 Å². The summed E-state index contributed by atoms with van der Waals surface area (Å²) in [5, 5.41) is 11.8. The third-order valence-corrected chi connectivity index (χ3v) is 5.51. The highest BCUT2D eigenvalue weighted by Crippen LogP contribution is 2.27. The minimum atomic E-state index is -0.327. The van der Waals surface area contributed by atoms with Gasteiger partial charge in [-0.2, -0.15) is 0 Å². The maximum absolute atomic E-state index is 12.6. The first-order valence-corrected chi connectivity index (χ1v) is 10.3. The van der Waals surface area contributed by atoms with E-state index in [0.717, 1.165) is 59.8 Å². The first-order chi connectivity index (χ1) is 14.1. The van der Waals surface area contributed by atoms with E-state index >= 15 is 0 Å². The van der Waals surface area contributed by atoms with Gasteiger partial charge in [-0.05, 0) is 37.0 Å². The van der Waals surface area contributed by atoms with Gasteiger partial charge in [0.25, 0.3) is 0 Å². The van der Waals surface area contributed by atoms with E-state index < -0.39 is 0 Å². The van der Waals surface area contributed by atoms with Gasteiger partial charge in [0.15, 0.2) is 5.82 Å². The molecule has 1 unspecified atom stereocenters. The van der Waals surface area contributed by atoms with E-state index in [4.69, 9.17) is 5.73 Å². The molecule has 0 saturated heterocycles. The van der Waals surface area contributed by atoms with Gasteiger partial charge < -0.3 is 15.6 Å². The highest BCUT2D eigenvalue weighted by molar-refractivity contribution is 5.92. The fraction of sp³-hybridized carbons (Fsp3) is 0.348. The van der Waals surface area contributed by atoms with Gasteiger partial charge in [0.2, 0.25) is 5.91 Å². The van der Waals surface area contributed by atoms with E-state index in [1.807, 2.05) is 55.5 Å². The SMILES string of the molecule is Cc1ccc(-c2nnc3n2CCCCC3)cc1NC(=O)CC(N)c1ccccc1. The number of hydrogen-bond acceptors (Lipinski definition) is 4. The van der Waals surface area contributed by atoms with Gasteiger partial charge >= 0.3 is 0 Å². The fourth-order valence-corrected chi connectivity index (χ4v) is 3.81. The first-order valence-electron chi connectivity index (χ1n) is 10.3. The predicted molar refractivity (Wildman–Crippen MR) is 114 cm³/mol. The lowest BCUT2D eigenvalue weighted by molar-refractivity contribution is -0.116. The molecule has 2 heterocycles. The molecule has 1 aromatic heterocycles. The van der Waals surface area contributed by atoms with Crippen molar-refractivity contribution >= 4 is 11.6 Å². The standard InChI is InChI=1S/C23H27N5O/c1-16-11-12-18(23-27-26-21-10-6-3-7-13-28(21)23)14-20(16)25-22(29)15-19(24)17-8-4-2-5-9-17/h2,4-5,8-9,11-12,14,19H,3,6-7,10,13,15,24H2,1H3,(H,25,29). The van der Waals surface area contributed by atoms with Crippen LogP contribution in [0.5, 0.6) is 0 Å². The van der Waals surface area contributed by atoms with E-state index in [1.54, 1.807) is 0 Å². The van der Waals surface area contributed by atoms with Crippen LogP contribution in [0.25, 0.3) is 11.4 Å². The van der Waals surface area contributed by atoms with Crippen LogP contribution in [-0.4, -0.2) is 20.7 Å². The molecule has 29 heavy (non-hydrogen) atoms. The van der Waals surface area contributed by atoms with Crippen molar-refractivity contribution < 1.29 is 4.79 Å². The van der Waals surface area contributed by atoms with E-state index in [9.17, 15) is 4.79 Å². The summed E-state index contributed by atoms with van der Waals surface area (Å²) in [5.74, 6) is 1.83. The summed E-state index contributed by atoms with van der Waals surface area (Å²) >= 11 is 0. The van der Waals surface area contributed by atoms with Gasteiger partial charge in [0.05, 0.1) is 0 Å². The Bertz CT molecular complexity index is 996. The summed E-state index contributed by atoms with van der Waals surface area (Å²) in [4.78, 5) is 12.6. The average Bonchev–Trinajstić information content (AvgIpc) is 2.98. The monoisotopic (exact) mass is 389 g/mol. The molecule has 0 fully saturated rings. The van der Waals surface area contributed by atoms with Gasteiger partial charge in [-0.15, -0.1) is 10.2 Å². The Morgan fingerprint density at radius 2 is 1.97 bits per heavy atom. The number of fused-ring (bicyclic) bond motifs is 1. The van der Waals surface area contributed by atoms with Crippen molar-refractivity contribution in [2.75, 3.05) is 5.32 Å². The number of nitrogens with zero attached hydrogens (tertiary/aromatic N) is 3. The zero-order valence-electron chi connectivity index (χ0n) is 16.8. The first kappa shape index (κ1) is 19.3. The number of hydrogen-bond donors (Lipinski definition) is 2. The Hall–Kier alpha value is -2.99. The summed E-state index contributed by atoms with van der Waals surface area (Å²) in [6.45, 7) is 2.93. The largest absolute Gasteiger partial charge is 0.326 e. The third-order valence-electron chi connectivity index (χ3n) is 5.51. The quantitative estimate of drug-likeness (QED) is 0.690. The fourth-order valence-electron chi connectivity index (χ4n) is 3.81. The van der Waals surface area contributed by atoms with E-state index in [1.165, 1.54) is 6.42 Å². The summed E-state index contributed by atoms with van der Waals surface area (Å²) in [6, 6.07) is 15.4. The Balaban J connectivity index is 1.52. The molecule has 1 aliphatic rings. The zero-order valence-corrected chi connectivity index (χ0v) is 16.8. The van der Waals surface area contributed by atoms with Crippen LogP contribution in [0.3, 0.4) is 0 Å². The molecule has 1 aliphatic heterocycles. The van der Waals surface area contributed by atoms with Gasteiger partial charge in [0.1, 0.15) is 5.82 Å². The zero-order chi connectivity index (χ0) is 20.2. The molecular weight excluding hydrogens is 362 g/mol. The van der Waals surface area contributed by atoms with E-state index in [-0.39, 0.29) is 18.4 Å². The number of anilines is 1. The van der Waals surface area contributed by atoms with Crippen molar-refractivity contribution in [3.63, 3.8) is 0 Å². The van der Waals surface area contributed by atoms with Crippen molar-refractivity contribution in [2.24, 2.45) is 5.73 Å². The van der Waals surface area contributed by atoms with Crippen LogP contribution in [0.4, 0.5) is 5.69 Å².